The molecule has 6 heavy (non-hydrogen) atoms. The third-order valence-electron chi connectivity index (χ3n) is 0. The summed E-state index contributed by atoms with van der Waals surface area (Å²) in [7, 11) is 0. The summed E-state index contributed by atoms with van der Waals surface area (Å²) in [6.07, 6.45) is 1.25. The van der Waals surface area contributed by atoms with Gasteiger partial charge < -0.3 is 24.0 Å². The first-order valence-electron chi connectivity index (χ1n) is 1.41. The quantitative estimate of drug-likeness (QED) is 0.379. The van der Waals surface area contributed by atoms with Crippen LogP contribution >= 0.6 is 0 Å². The summed E-state index contributed by atoms with van der Waals surface area (Å²) < 4.78 is 0. The third-order valence-corrected chi connectivity index (χ3v) is 0. The second-order valence-corrected chi connectivity index (χ2v) is 0.707. The van der Waals surface area contributed by atoms with Crippen LogP contribution in [0.2, 0.25) is 0 Å². The Morgan fingerprint density at radius 2 is 1.17 bits per heavy atom. The zero-order valence-corrected chi connectivity index (χ0v) is 5.34. The number of hydrogen-bond donors (Lipinski definition) is 1. The second-order valence-electron chi connectivity index (χ2n) is 0.707. The van der Waals surface area contributed by atoms with Crippen molar-refractivity contribution in [2.75, 3.05) is 0 Å². The Balaban J connectivity index is -0.00000000667. The summed E-state index contributed by atoms with van der Waals surface area (Å²) in [6.45, 7) is 4.25. The fourth-order valence-corrected chi connectivity index (χ4v) is 0. The molecule has 0 atom stereocenters. The maximum absolute atomic E-state index is 2.12. The molecule has 0 saturated heterocycles. The number of quaternary nitrogens is 1. The van der Waals surface area contributed by atoms with Gasteiger partial charge >= 0.3 is 0 Å². The number of halogens is 1. The maximum atomic E-state index is 2.12. The fraction of sp³-hybridized carbons (Fsp3) is 1.00. The van der Waals surface area contributed by atoms with E-state index in [1.54, 1.807) is 0 Å². The molecule has 44 valence electrons. The van der Waals surface area contributed by atoms with E-state index in [2.05, 4.69) is 13.8 Å². The van der Waals surface area contributed by atoms with Gasteiger partial charge in [0.15, 0.2) is 0 Å². The van der Waals surface area contributed by atoms with E-state index < -0.39 is 0 Å². The smallest absolute Gasteiger partial charge is 0.0590 e. The van der Waals surface area contributed by atoms with Crippen molar-refractivity contribution in [3.8, 4) is 0 Å². The summed E-state index contributed by atoms with van der Waals surface area (Å²) in [5.74, 6) is 0. The third kappa shape index (κ3) is 984. The molecule has 0 unspecified atom stereocenters. The van der Waals surface area contributed by atoms with E-state index in [4.69, 9.17) is 0 Å². The van der Waals surface area contributed by atoms with Gasteiger partial charge in [0.05, 0.1) is 0 Å². The van der Waals surface area contributed by atoms with Gasteiger partial charge in [-0.15, -0.1) is 0 Å². The van der Waals surface area contributed by atoms with Crippen LogP contribution in [0.3, 0.4) is 0 Å². The van der Waals surface area contributed by atoms with Crippen molar-refractivity contribution < 1.29 is 17.9 Å². The molecular formula is C3H14ClNO. The van der Waals surface area contributed by atoms with E-state index >= 15 is 0 Å². The summed E-state index contributed by atoms with van der Waals surface area (Å²) in [5.41, 5.74) is 0. The molecule has 0 rings (SSSR count). The van der Waals surface area contributed by atoms with Crippen molar-refractivity contribution in [3.05, 3.63) is 0 Å². The van der Waals surface area contributed by atoms with E-state index in [-0.39, 0.29) is 24.0 Å². The largest absolute Gasteiger partial charge is 1.00 e. The SMILES string of the molecule is CCC.O.[Cl-].[NH4+]. The average Bonchev–Trinajstić information content (AvgIpc) is 0.918. The van der Waals surface area contributed by atoms with Crippen LogP contribution in [0, 0.1) is 0 Å². The van der Waals surface area contributed by atoms with E-state index in [1.807, 2.05) is 0 Å². The Labute approximate surface area is 45.2 Å². The molecule has 0 amide bonds. The van der Waals surface area contributed by atoms with Gasteiger partial charge in [-0.3, -0.25) is 0 Å². The lowest BCUT2D eigenvalue weighted by Crippen LogP contribution is -3.00. The molecule has 0 aromatic rings. The molecule has 0 aromatic heterocycles. The van der Waals surface area contributed by atoms with Crippen LogP contribution in [0.4, 0.5) is 0 Å². The van der Waals surface area contributed by atoms with E-state index in [0.717, 1.165) is 0 Å². The minimum atomic E-state index is 0. The van der Waals surface area contributed by atoms with E-state index in [0.29, 0.717) is 0 Å². The summed E-state index contributed by atoms with van der Waals surface area (Å²) in [6, 6.07) is 0. The molecule has 0 spiro atoms. The highest BCUT2D eigenvalue weighted by molar-refractivity contribution is 3.92. The van der Waals surface area contributed by atoms with Crippen LogP contribution in [0.5, 0.6) is 0 Å². The molecule has 0 aliphatic heterocycles. The number of hydrogen-bond acceptors (Lipinski definition) is 0. The lowest BCUT2D eigenvalue weighted by Gasteiger charge is -1.48. The average molecular weight is 116 g/mol. The lowest BCUT2D eigenvalue weighted by molar-refractivity contribution is -0.00000250. The molecule has 2 nitrogen and oxygen atoms in total. The van der Waals surface area contributed by atoms with Gasteiger partial charge in [0.2, 0.25) is 0 Å². The second kappa shape index (κ2) is 63.1. The molecule has 0 saturated carbocycles. The van der Waals surface area contributed by atoms with Gasteiger partial charge in [-0.2, -0.15) is 0 Å². The van der Waals surface area contributed by atoms with E-state index in [1.165, 1.54) is 6.42 Å². The Morgan fingerprint density at radius 1 is 1.17 bits per heavy atom. The van der Waals surface area contributed by atoms with Crippen molar-refractivity contribution in [2.24, 2.45) is 0 Å². The van der Waals surface area contributed by atoms with Gasteiger partial charge in [-0.25, -0.2) is 0 Å². The molecule has 3 heteroatoms. The summed E-state index contributed by atoms with van der Waals surface area (Å²) in [4.78, 5) is 0. The van der Waals surface area contributed by atoms with Gasteiger partial charge in [-0.05, 0) is 0 Å². The summed E-state index contributed by atoms with van der Waals surface area (Å²) >= 11 is 0. The first-order valence-corrected chi connectivity index (χ1v) is 1.41. The van der Waals surface area contributed by atoms with Crippen LogP contribution < -0.4 is 18.6 Å². The molecule has 0 aliphatic carbocycles. The first kappa shape index (κ1) is 34.5. The van der Waals surface area contributed by atoms with Crippen LogP contribution in [-0.2, 0) is 0 Å². The molecule has 0 radical (unpaired) electrons. The highest BCUT2D eigenvalue weighted by atomic mass is 35.5. The molecule has 0 aliphatic rings. The standard InChI is InChI=1S/C3H8.ClH.H3N.H2O/c1-3-2;;;/h3H2,1-2H3;1H;1H3;1H2. The highest BCUT2D eigenvalue weighted by Gasteiger charge is 1.35. The van der Waals surface area contributed by atoms with Crippen LogP contribution in [-0.4, -0.2) is 5.48 Å². The highest BCUT2D eigenvalue weighted by Crippen LogP contribution is 1.56. The Bertz CT molecular complexity index is 10.8. The topological polar surface area (TPSA) is 68.0 Å². The zero-order chi connectivity index (χ0) is 2.71. The van der Waals surface area contributed by atoms with Crippen molar-refractivity contribution in [2.45, 2.75) is 20.3 Å². The van der Waals surface area contributed by atoms with Crippen molar-refractivity contribution in [3.63, 3.8) is 0 Å². The molecule has 0 fully saturated rings. The molecule has 0 heterocycles. The van der Waals surface area contributed by atoms with Crippen LogP contribution in [0.1, 0.15) is 20.3 Å². The predicted molar refractivity (Wildman–Crippen MR) is 25.6 cm³/mol. The number of rotatable bonds is 0. The van der Waals surface area contributed by atoms with E-state index in [9.17, 15) is 0 Å². The van der Waals surface area contributed by atoms with Crippen molar-refractivity contribution >= 4 is 0 Å². The summed E-state index contributed by atoms with van der Waals surface area (Å²) in [5, 5.41) is 0. The van der Waals surface area contributed by atoms with Gasteiger partial charge in [0.1, 0.15) is 0 Å². The predicted octanol–water partition coefficient (Wildman–Crippen LogP) is -2.03. The van der Waals surface area contributed by atoms with Gasteiger partial charge in [0.25, 0.3) is 0 Å². The lowest BCUT2D eigenvalue weighted by atomic mass is 10.6. The van der Waals surface area contributed by atoms with Crippen LogP contribution in [0.15, 0.2) is 0 Å². The van der Waals surface area contributed by atoms with Gasteiger partial charge in [0, 0.05) is 0 Å². The Morgan fingerprint density at radius 3 is 1.17 bits per heavy atom. The maximum Gasteiger partial charge on any atom is -0.0590 e. The first-order chi connectivity index (χ1) is 1.41. The molecule has 0 aromatic carbocycles. The van der Waals surface area contributed by atoms with Gasteiger partial charge in [-0.1, -0.05) is 20.3 Å². The monoisotopic (exact) mass is 115 g/mol. The van der Waals surface area contributed by atoms with Crippen molar-refractivity contribution in [1.82, 2.24) is 6.15 Å². The zero-order valence-electron chi connectivity index (χ0n) is 4.59. The van der Waals surface area contributed by atoms with Crippen LogP contribution in [0.25, 0.3) is 0 Å². The minimum Gasteiger partial charge on any atom is -1.00 e. The van der Waals surface area contributed by atoms with Crippen molar-refractivity contribution in [1.29, 1.82) is 0 Å². The fourth-order valence-electron chi connectivity index (χ4n) is 0. The Hall–Kier alpha value is 0.210. The minimum absolute atomic E-state index is 0. The normalized spacial score (nSPS) is 3.00. The Kier molecular flexibility index (Phi) is 363. The molecular weight excluding hydrogens is 101 g/mol. The molecule has 6 N–H and O–H groups in total. The molecule has 0 bridgehead atoms.